The van der Waals surface area contributed by atoms with Gasteiger partial charge in [0.25, 0.3) is 0 Å². The van der Waals surface area contributed by atoms with Crippen molar-refractivity contribution in [1.82, 2.24) is 15.2 Å². The first-order chi connectivity index (χ1) is 10.2. The zero-order valence-electron chi connectivity index (χ0n) is 10.9. The molecule has 0 bridgehead atoms. The zero-order chi connectivity index (χ0) is 14.7. The van der Waals surface area contributed by atoms with Gasteiger partial charge < -0.3 is 0 Å². The fraction of sp³-hybridized carbons (Fsp3) is 0.0667. The lowest BCUT2D eigenvalue weighted by Crippen LogP contribution is -1.82. The van der Waals surface area contributed by atoms with Gasteiger partial charge in [0, 0.05) is 21.4 Å². The topological polar surface area (TPSA) is 41.6 Å². The first-order valence-electron chi connectivity index (χ1n) is 6.26. The fourth-order valence-corrected chi connectivity index (χ4v) is 2.78. The molecule has 0 aliphatic heterocycles. The summed E-state index contributed by atoms with van der Waals surface area (Å²) in [5.41, 5.74) is 2.15. The van der Waals surface area contributed by atoms with Crippen molar-refractivity contribution in [2.45, 2.75) is 10.9 Å². The lowest BCUT2D eigenvalue weighted by molar-refractivity contribution is 0.973. The van der Waals surface area contributed by atoms with E-state index in [1.165, 1.54) is 5.56 Å². The fourth-order valence-electron chi connectivity index (χ4n) is 1.78. The van der Waals surface area contributed by atoms with Gasteiger partial charge in [0.05, 0.1) is 0 Å². The predicted octanol–water partition coefficient (Wildman–Crippen LogP) is 5.07. The predicted molar refractivity (Wildman–Crippen MR) is 87.8 cm³/mol. The van der Waals surface area contributed by atoms with Crippen LogP contribution in [0.4, 0.5) is 0 Å². The standard InChI is InChI=1S/C15H11Cl2N3S/c16-12-5-1-10(2-6-12)9-21-15-18-14(19-20-15)11-3-7-13(17)8-4-11/h1-8H,9H2,(H,18,19,20). The minimum absolute atomic E-state index is 0.704. The largest absolute Gasteiger partial charge is 0.258 e. The number of aromatic nitrogens is 3. The second-order valence-corrected chi connectivity index (χ2v) is 6.20. The molecule has 0 amide bonds. The van der Waals surface area contributed by atoms with E-state index in [1.807, 2.05) is 48.5 Å². The van der Waals surface area contributed by atoms with E-state index in [9.17, 15) is 0 Å². The molecule has 0 radical (unpaired) electrons. The Hall–Kier alpha value is -1.49. The van der Waals surface area contributed by atoms with Crippen molar-refractivity contribution in [2.24, 2.45) is 0 Å². The molecule has 1 heterocycles. The average Bonchev–Trinajstić information content (AvgIpc) is 2.96. The summed E-state index contributed by atoms with van der Waals surface area (Å²) >= 11 is 13.3. The van der Waals surface area contributed by atoms with Gasteiger partial charge in [-0.1, -0.05) is 47.1 Å². The summed E-state index contributed by atoms with van der Waals surface area (Å²) in [6.07, 6.45) is 0. The molecule has 0 aliphatic rings. The van der Waals surface area contributed by atoms with Crippen molar-refractivity contribution in [2.75, 3.05) is 0 Å². The van der Waals surface area contributed by atoms with Crippen molar-refractivity contribution in [3.63, 3.8) is 0 Å². The Morgan fingerprint density at radius 2 is 1.52 bits per heavy atom. The smallest absolute Gasteiger partial charge is 0.209 e. The van der Waals surface area contributed by atoms with E-state index in [0.29, 0.717) is 5.02 Å². The van der Waals surface area contributed by atoms with Gasteiger partial charge in [-0.3, -0.25) is 5.10 Å². The summed E-state index contributed by atoms with van der Waals surface area (Å²) < 4.78 is 0. The summed E-state index contributed by atoms with van der Waals surface area (Å²) in [6, 6.07) is 15.3. The van der Waals surface area contributed by atoms with E-state index in [4.69, 9.17) is 23.2 Å². The molecule has 0 spiro atoms. The minimum atomic E-state index is 0.704. The third kappa shape index (κ3) is 3.79. The maximum atomic E-state index is 5.87. The Balaban J connectivity index is 1.67. The number of hydrogen-bond donors (Lipinski definition) is 1. The molecule has 3 rings (SSSR count). The summed E-state index contributed by atoms with van der Waals surface area (Å²) in [4.78, 5) is 4.47. The first-order valence-corrected chi connectivity index (χ1v) is 8.00. The van der Waals surface area contributed by atoms with Gasteiger partial charge in [-0.2, -0.15) is 0 Å². The van der Waals surface area contributed by atoms with Gasteiger partial charge in [0.2, 0.25) is 5.16 Å². The Morgan fingerprint density at radius 1 is 0.905 bits per heavy atom. The highest BCUT2D eigenvalue weighted by atomic mass is 35.5. The monoisotopic (exact) mass is 335 g/mol. The molecule has 21 heavy (non-hydrogen) atoms. The van der Waals surface area contributed by atoms with Crippen LogP contribution >= 0.6 is 35.0 Å². The molecule has 0 saturated carbocycles. The number of thioether (sulfide) groups is 1. The molecule has 0 fully saturated rings. The van der Waals surface area contributed by atoms with Gasteiger partial charge in [-0.25, -0.2) is 4.98 Å². The summed E-state index contributed by atoms with van der Waals surface area (Å²) in [7, 11) is 0. The van der Waals surface area contributed by atoms with Gasteiger partial charge in [-0.05, 0) is 42.0 Å². The van der Waals surface area contributed by atoms with Crippen LogP contribution in [0.3, 0.4) is 0 Å². The van der Waals surface area contributed by atoms with E-state index in [1.54, 1.807) is 11.8 Å². The molecule has 3 aromatic rings. The Labute approximate surface area is 136 Å². The summed E-state index contributed by atoms with van der Waals surface area (Å²) in [5, 5.41) is 9.32. The molecule has 1 aromatic heterocycles. The van der Waals surface area contributed by atoms with Crippen molar-refractivity contribution in [1.29, 1.82) is 0 Å². The highest BCUT2D eigenvalue weighted by Gasteiger charge is 2.06. The molecule has 3 nitrogen and oxygen atoms in total. The van der Waals surface area contributed by atoms with Crippen molar-refractivity contribution < 1.29 is 0 Å². The van der Waals surface area contributed by atoms with Crippen LogP contribution in [0.1, 0.15) is 5.56 Å². The zero-order valence-corrected chi connectivity index (χ0v) is 13.2. The molecule has 0 unspecified atom stereocenters. The van der Waals surface area contributed by atoms with Crippen LogP contribution in [0.15, 0.2) is 53.7 Å². The van der Waals surface area contributed by atoms with Crippen molar-refractivity contribution >= 4 is 35.0 Å². The van der Waals surface area contributed by atoms with E-state index < -0.39 is 0 Å². The molecular formula is C15H11Cl2N3S. The summed E-state index contributed by atoms with van der Waals surface area (Å²) in [6.45, 7) is 0. The van der Waals surface area contributed by atoms with E-state index in [2.05, 4.69) is 15.2 Å². The highest BCUT2D eigenvalue weighted by Crippen LogP contribution is 2.23. The van der Waals surface area contributed by atoms with E-state index in [-0.39, 0.29) is 0 Å². The Bertz CT molecular complexity index is 723. The van der Waals surface area contributed by atoms with Crippen LogP contribution in [0.25, 0.3) is 11.4 Å². The second kappa shape index (κ2) is 6.52. The number of hydrogen-bond acceptors (Lipinski definition) is 3. The van der Waals surface area contributed by atoms with Crippen LogP contribution in [0.2, 0.25) is 10.0 Å². The SMILES string of the molecule is Clc1ccc(CSc2n[nH]c(-c3ccc(Cl)cc3)n2)cc1. The van der Waals surface area contributed by atoms with Crippen molar-refractivity contribution in [3.8, 4) is 11.4 Å². The van der Waals surface area contributed by atoms with Crippen LogP contribution in [-0.2, 0) is 5.75 Å². The maximum absolute atomic E-state index is 5.87. The van der Waals surface area contributed by atoms with E-state index in [0.717, 1.165) is 27.3 Å². The molecule has 0 atom stereocenters. The Kier molecular flexibility index (Phi) is 4.48. The third-order valence-corrected chi connectivity index (χ3v) is 4.29. The molecule has 106 valence electrons. The van der Waals surface area contributed by atoms with Crippen LogP contribution < -0.4 is 0 Å². The van der Waals surface area contributed by atoms with Gasteiger partial charge >= 0.3 is 0 Å². The van der Waals surface area contributed by atoms with Gasteiger partial charge in [0.15, 0.2) is 5.82 Å². The summed E-state index contributed by atoms with van der Waals surface area (Å²) in [5.74, 6) is 1.54. The Morgan fingerprint density at radius 3 is 2.19 bits per heavy atom. The number of halogens is 2. The normalized spacial score (nSPS) is 10.8. The van der Waals surface area contributed by atoms with Gasteiger partial charge in [-0.15, -0.1) is 5.10 Å². The number of nitrogens with zero attached hydrogens (tertiary/aromatic N) is 2. The quantitative estimate of drug-likeness (QED) is 0.676. The number of benzene rings is 2. The van der Waals surface area contributed by atoms with Gasteiger partial charge in [0.1, 0.15) is 0 Å². The number of H-pyrrole nitrogens is 1. The minimum Gasteiger partial charge on any atom is -0.258 e. The lowest BCUT2D eigenvalue weighted by atomic mass is 10.2. The number of rotatable bonds is 4. The lowest BCUT2D eigenvalue weighted by Gasteiger charge is -1.98. The van der Waals surface area contributed by atoms with Crippen molar-refractivity contribution in [3.05, 3.63) is 64.1 Å². The third-order valence-electron chi connectivity index (χ3n) is 2.86. The molecule has 1 N–H and O–H groups in total. The first kappa shape index (κ1) is 14.4. The molecular weight excluding hydrogens is 325 g/mol. The average molecular weight is 336 g/mol. The van der Waals surface area contributed by atoms with Crippen LogP contribution in [0, 0.1) is 0 Å². The highest BCUT2D eigenvalue weighted by molar-refractivity contribution is 7.98. The second-order valence-electron chi connectivity index (χ2n) is 4.39. The number of nitrogens with one attached hydrogen (secondary N) is 1. The number of aromatic amines is 1. The molecule has 2 aromatic carbocycles. The maximum Gasteiger partial charge on any atom is 0.209 e. The van der Waals surface area contributed by atoms with Crippen LogP contribution in [-0.4, -0.2) is 15.2 Å². The molecule has 0 saturated heterocycles. The van der Waals surface area contributed by atoms with E-state index >= 15 is 0 Å². The molecule has 6 heteroatoms. The molecule has 0 aliphatic carbocycles. The van der Waals surface area contributed by atoms with Crippen LogP contribution in [0.5, 0.6) is 0 Å².